The average molecular weight is 353 g/mol. The third-order valence-corrected chi connectivity index (χ3v) is 4.85. The van der Waals surface area contributed by atoms with Crippen LogP contribution in [0.2, 0.25) is 5.02 Å². The van der Waals surface area contributed by atoms with Crippen molar-refractivity contribution < 1.29 is 14.7 Å². The average Bonchev–Trinajstić information content (AvgIpc) is 2.89. The number of rotatable bonds is 6. The smallest absolute Gasteiger partial charge is 0.226 e. The van der Waals surface area contributed by atoms with E-state index in [2.05, 4.69) is 5.32 Å². The molecule has 0 aliphatic carbocycles. The molecule has 0 aromatic heterocycles. The van der Waals surface area contributed by atoms with Gasteiger partial charge in [0.05, 0.1) is 12.0 Å². The van der Waals surface area contributed by atoms with Crippen LogP contribution < -0.4 is 5.32 Å². The Morgan fingerprint density at radius 3 is 2.67 bits per heavy atom. The van der Waals surface area contributed by atoms with E-state index in [-0.39, 0.29) is 30.9 Å². The minimum atomic E-state index is -0.480. The van der Waals surface area contributed by atoms with E-state index >= 15 is 0 Å². The van der Waals surface area contributed by atoms with E-state index in [0.717, 1.165) is 5.56 Å². The van der Waals surface area contributed by atoms with Crippen LogP contribution in [-0.4, -0.2) is 41.5 Å². The van der Waals surface area contributed by atoms with E-state index in [1.165, 1.54) is 0 Å². The topological polar surface area (TPSA) is 69.6 Å². The van der Waals surface area contributed by atoms with E-state index in [4.69, 9.17) is 11.6 Å². The zero-order valence-corrected chi connectivity index (χ0v) is 15.1. The van der Waals surface area contributed by atoms with Crippen molar-refractivity contribution in [1.82, 2.24) is 10.2 Å². The fourth-order valence-electron chi connectivity index (χ4n) is 3.01. The van der Waals surface area contributed by atoms with Crippen LogP contribution in [0.5, 0.6) is 0 Å². The number of carbonyl (C=O) groups is 2. The van der Waals surface area contributed by atoms with Gasteiger partial charge in [-0.2, -0.15) is 0 Å². The summed E-state index contributed by atoms with van der Waals surface area (Å²) in [5.74, 6) is -0.693. The van der Waals surface area contributed by atoms with Gasteiger partial charge in [-0.3, -0.25) is 9.59 Å². The molecule has 0 radical (unpaired) electrons. The number of benzene rings is 1. The molecule has 1 heterocycles. The third kappa shape index (κ3) is 3.90. The summed E-state index contributed by atoms with van der Waals surface area (Å²) >= 11 is 6.31. The van der Waals surface area contributed by atoms with Gasteiger partial charge >= 0.3 is 0 Å². The lowest BCUT2D eigenvalue weighted by Crippen LogP contribution is -2.41. The predicted molar refractivity (Wildman–Crippen MR) is 93.6 cm³/mol. The van der Waals surface area contributed by atoms with E-state index in [0.29, 0.717) is 18.1 Å². The van der Waals surface area contributed by atoms with Gasteiger partial charge in [-0.1, -0.05) is 43.6 Å². The van der Waals surface area contributed by atoms with E-state index < -0.39 is 11.3 Å². The molecular formula is C18H25ClN2O3. The second kappa shape index (κ2) is 7.53. The van der Waals surface area contributed by atoms with Crippen molar-refractivity contribution in [2.75, 3.05) is 19.7 Å². The molecule has 2 atom stereocenters. The lowest BCUT2D eigenvalue weighted by molar-refractivity contribution is -0.129. The maximum absolute atomic E-state index is 12.7. The fourth-order valence-corrected chi connectivity index (χ4v) is 3.26. The summed E-state index contributed by atoms with van der Waals surface area (Å²) in [6.45, 7) is 6.51. The van der Waals surface area contributed by atoms with Crippen molar-refractivity contribution in [3.63, 3.8) is 0 Å². The van der Waals surface area contributed by atoms with Crippen LogP contribution in [0.3, 0.4) is 0 Å². The normalized spacial score (nSPS) is 21.2. The van der Waals surface area contributed by atoms with Crippen LogP contribution in [0.25, 0.3) is 0 Å². The largest absolute Gasteiger partial charge is 0.396 e. The van der Waals surface area contributed by atoms with Gasteiger partial charge in [0.25, 0.3) is 0 Å². The standard InChI is InChI=1S/C18H25ClN2O3/c1-4-21-15(23)9-13(17(24)20-10-18(2,3)11-22)16(21)12-7-5-6-8-14(12)19/h5-8,13,16,22H,4,9-11H2,1-3H3,(H,20,24)/t13-,16+/m1/s1. The van der Waals surface area contributed by atoms with Crippen molar-refractivity contribution in [3.8, 4) is 0 Å². The zero-order valence-electron chi connectivity index (χ0n) is 14.4. The molecule has 1 aliphatic rings. The second-order valence-electron chi connectivity index (χ2n) is 7.00. The number of carbonyl (C=O) groups excluding carboxylic acids is 2. The SMILES string of the molecule is CCN1C(=O)C[C@@H](C(=O)NCC(C)(C)CO)[C@@H]1c1ccccc1Cl. The molecule has 0 unspecified atom stereocenters. The van der Waals surface area contributed by atoms with Crippen LogP contribution in [0, 0.1) is 11.3 Å². The molecule has 1 aromatic rings. The maximum Gasteiger partial charge on any atom is 0.226 e. The summed E-state index contributed by atoms with van der Waals surface area (Å²) in [5, 5.41) is 12.8. The van der Waals surface area contributed by atoms with Gasteiger partial charge in [-0.05, 0) is 18.6 Å². The number of hydrogen-bond donors (Lipinski definition) is 2. The lowest BCUT2D eigenvalue weighted by atomic mass is 9.91. The second-order valence-corrected chi connectivity index (χ2v) is 7.40. The highest BCUT2D eigenvalue weighted by molar-refractivity contribution is 6.31. The van der Waals surface area contributed by atoms with E-state index in [1.807, 2.05) is 39.0 Å². The van der Waals surface area contributed by atoms with Gasteiger partial charge < -0.3 is 15.3 Å². The Balaban J connectivity index is 2.25. The number of hydrogen-bond acceptors (Lipinski definition) is 3. The molecule has 1 aromatic carbocycles. The van der Waals surface area contributed by atoms with E-state index in [9.17, 15) is 14.7 Å². The number of amides is 2. The number of likely N-dealkylation sites (tertiary alicyclic amines) is 1. The first kappa shape index (κ1) is 18.7. The quantitative estimate of drug-likeness (QED) is 0.825. The highest BCUT2D eigenvalue weighted by Crippen LogP contribution is 2.40. The van der Waals surface area contributed by atoms with Crippen LogP contribution in [0.4, 0.5) is 0 Å². The molecule has 2 rings (SSSR count). The summed E-state index contributed by atoms with van der Waals surface area (Å²) in [5.41, 5.74) is 0.399. The van der Waals surface area contributed by atoms with Crippen molar-refractivity contribution >= 4 is 23.4 Å². The first-order valence-corrected chi connectivity index (χ1v) is 8.61. The van der Waals surface area contributed by atoms with Gasteiger partial charge in [-0.25, -0.2) is 0 Å². The van der Waals surface area contributed by atoms with Crippen molar-refractivity contribution in [2.24, 2.45) is 11.3 Å². The van der Waals surface area contributed by atoms with E-state index in [1.54, 1.807) is 11.0 Å². The van der Waals surface area contributed by atoms with Crippen LogP contribution in [0.1, 0.15) is 38.8 Å². The maximum atomic E-state index is 12.7. The number of aliphatic hydroxyl groups is 1. The lowest BCUT2D eigenvalue weighted by Gasteiger charge is -2.29. The number of nitrogens with one attached hydrogen (secondary N) is 1. The first-order chi connectivity index (χ1) is 11.3. The molecule has 6 heteroatoms. The van der Waals surface area contributed by atoms with Crippen LogP contribution in [-0.2, 0) is 9.59 Å². The van der Waals surface area contributed by atoms with Gasteiger partial charge in [-0.15, -0.1) is 0 Å². The molecular weight excluding hydrogens is 328 g/mol. The molecule has 1 fully saturated rings. The van der Waals surface area contributed by atoms with Gasteiger partial charge in [0.2, 0.25) is 11.8 Å². The minimum Gasteiger partial charge on any atom is -0.396 e. The molecule has 0 saturated carbocycles. The van der Waals surface area contributed by atoms with Gasteiger partial charge in [0.1, 0.15) is 0 Å². The Hall–Kier alpha value is -1.59. The molecule has 0 bridgehead atoms. The highest BCUT2D eigenvalue weighted by Gasteiger charge is 2.44. The van der Waals surface area contributed by atoms with Crippen LogP contribution >= 0.6 is 11.6 Å². The molecule has 0 spiro atoms. The zero-order chi connectivity index (χ0) is 17.9. The Kier molecular flexibility index (Phi) is 5.88. The van der Waals surface area contributed by atoms with Gasteiger partial charge in [0.15, 0.2) is 0 Å². The molecule has 1 saturated heterocycles. The van der Waals surface area contributed by atoms with Crippen molar-refractivity contribution in [3.05, 3.63) is 34.9 Å². The first-order valence-electron chi connectivity index (χ1n) is 8.23. The number of aliphatic hydroxyl groups excluding tert-OH is 1. The predicted octanol–water partition coefficient (Wildman–Crippen LogP) is 2.38. The van der Waals surface area contributed by atoms with Crippen LogP contribution in [0.15, 0.2) is 24.3 Å². The Morgan fingerprint density at radius 1 is 1.42 bits per heavy atom. The number of nitrogens with zero attached hydrogens (tertiary/aromatic N) is 1. The number of halogens is 1. The molecule has 24 heavy (non-hydrogen) atoms. The summed E-state index contributed by atoms with van der Waals surface area (Å²) < 4.78 is 0. The minimum absolute atomic E-state index is 0.0219. The molecule has 2 N–H and O–H groups in total. The fraction of sp³-hybridized carbons (Fsp3) is 0.556. The summed E-state index contributed by atoms with van der Waals surface area (Å²) in [7, 11) is 0. The van der Waals surface area contributed by atoms with Gasteiger partial charge in [0, 0.05) is 36.6 Å². The van der Waals surface area contributed by atoms with Crippen molar-refractivity contribution in [2.45, 2.75) is 33.2 Å². The summed E-state index contributed by atoms with van der Waals surface area (Å²) in [6, 6.07) is 6.98. The summed E-state index contributed by atoms with van der Waals surface area (Å²) in [4.78, 5) is 26.7. The monoisotopic (exact) mass is 352 g/mol. The third-order valence-electron chi connectivity index (χ3n) is 4.50. The molecule has 1 aliphatic heterocycles. The molecule has 2 amide bonds. The summed E-state index contributed by atoms with van der Waals surface area (Å²) in [6.07, 6.45) is 0.176. The Morgan fingerprint density at radius 2 is 2.08 bits per heavy atom. The molecule has 5 nitrogen and oxygen atoms in total. The highest BCUT2D eigenvalue weighted by atomic mass is 35.5. The Bertz CT molecular complexity index is 618. The molecule has 132 valence electrons. The van der Waals surface area contributed by atoms with Crippen molar-refractivity contribution in [1.29, 1.82) is 0 Å². The Labute approximate surface area is 148 Å².